The SMILES string of the molecule is CCOC(c1nc2c(s1)C(O)CC(C)(C)C2)C(C)(C)C. The number of fused-ring (bicyclic) bond motifs is 1. The number of hydrogen-bond donors (Lipinski definition) is 1. The Morgan fingerprint density at radius 2 is 2.10 bits per heavy atom. The van der Waals surface area contributed by atoms with Crippen LogP contribution in [0.15, 0.2) is 0 Å². The molecule has 1 aromatic heterocycles. The van der Waals surface area contributed by atoms with E-state index in [9.17, 15) is 5.11 Å². The molecular formula is C16H27NO2S. The second kappa shape index (κ2) is 5.39. The van der Waals surface area contributed by atoms with Gasteiger partial charge in [0.15, 0.2) is 0 Å². The highest BCUT2D eigenvalue weighted by molar-refractivity contribution is 7.11. The molecule has 1 aliphatic rings. The topological polar surface area (TPSA) is 42.4 Å². The number of aliphatic hydroxyl groups excluding tert-OH is 1. The van der Waals surface area contributed by atoms with Crippen LogP contribution in [-0.2, 0) is 11.2 Å². The van der Waals surface area contributed by atoms with Crippen molar-refractivity contribution in [3.63, 3.8) is 0 Å². The summed E-state index contributed by atoms with van der Waals surface area (Å²) in [6.45, 7) is 13.6. The standard InChI is InChI=1S/C16H27NO2S/c1-7-19-13(15(2,3)4)14-17-10-8-16(5,6)9-11(18)12(10)20-14/h11,13,18H,7-9H2,1-6H3. The van der Waals surface area contributed by atoms with Crippen molar-refractivity contribution in [2.75, 3.05) is 6.61 Å². The third kappa shape index (κ3) is 3.23. The van der Waals surface area contributed by atoms with Crippen LogP contribution in [0.25, 0.3) is 0 Å². The average Bonchev–Trinajstić information content (AvgIpc) is 2.65. The lowest BCUT2D eigenvalue weighted by Gasteiger charge is -2.31. The molecule has 2 unspecified atom stereocenters. The van der Waals surface area contributed by atoms with Gasteiger partial charge in [0.05, 0.1) is 16.7 Å². The molecule has 1 aromatic rings. The Balaban J connectivity index is 2.36. The summed E-state index contributed by atoms with van der Waals surface area (Å²) in [5.74, 6) is 0. The first-order valence-corrected chi connectivity index (χ1v) is 8.25. The molecule has 20 heavy (non-hydrogen) atoms. The highest BCUT2D eigenvalue weighted by atomic mass is 32.1. The van der Waals surface area contributed by atoms with Gasteiger partial charge in [-0.1, -0.05) is 34.6 Å². The predicted octanol–water partition coefficient (Wildman–Crippen LogP) is 4.27. The Morgan fingerprint density at radius 1 is 1.45 bits per heavy atom. The van der Waals surface area contributed by atoms with E-state index in [1.807, 2.05) is 6.92 Å². The van der Waals surface area contributed by atoms with Gasteiger partial charge in [0.25, 0.3) is 0 Å². The summed E-state index contributed by atoms with van der Waals surface area (Å²) in [6.07, 6.45) is 1.38. The molecule has 1 heterocycles. The summed E-state index contributed by atoms with van der Waals surface area (Å²) in [6, 6.07) is 0. The smallest absolute Gasteiger partial charge is 0.123 e. The second-order valence-electron chi connectivity index (χ2n) is 7.63. The molecule has 2 atom stereocenters. The number of hydrogen-bond acceptors (Lipinski definition) is 4. The molecule has 0 aliphatic heterocycles. The number of rotatable bonds is 3. The predicted molar refractivity (Wildman–Crippen MR) is 83.0 cm³/mol. The first-order chi connectivity index (χ1) is 9.14. The van der Waals surface area contributed by atoms with Gasteiger partial charge >= 0.3 is 0 Å². The van der Waals surface area contributed by atoms with Crippen molar-refractivity contribution < 1.29 is 9.84 Å². The molecule has 0 aromatic carbocycles. The van der Waals surface area contributed by atoms with Crippen LogP contribution in [0.2, 0.25) is 0 Å². The average molecular weight is 297 g/mol. The molecule has 114 valence electrons. The first-order valence-electron chi connectivity index (χ1n) is 7.43. The number of aliphatic hydroxyl groups is 1. The Hall–Kier alpha value is -0.450. The Bertz CT molecular complexity index is 473. The molecule has 2 rings (SSSR count). The van der Waals surface area contributed by atoms with E-state index in [-0.39, 0.29) is 23.0 Å². The zero-order chi connectivity index (χ0) is 15.1. The van der Waals surface area contributed by atoms with Crippen molar-refractivity contribution in [3.05, 3.63) is 15.6 Å². The lowest BCUT2D eigenvalue weighted by atomic mass is 9.77. The molecule has 0 bridgehead atoms. The van der Waals surface area contributed by atoms with Gasteiger partial charge in [-0.2, -0.15) is 0 Å². The second-order valence-corrected chi connectivity index (χ2v) is 8.69. The molecule has 1 N–H and O–H groups in total. The van der Waals surface area contributed by atoms with Gasteiger partial charge < -0.3 is 9.84 Å². The minimum absolute atomic E-state index is 0.00147. The molecule has 0 fully saturated rings. The van der Waals surface area contributed by atoms with E-state index in [4.69, 9.17) is 9.72 Å². The molecule has 4 heteroatoms. The van der Waals surface area contributed by atoms with Crippen molar-refractivity contribution >= 4 is 11.3 Å². The maximum atomic E-state index is 10.4. The van der Waals surface area contributed by atoms with Crippen molar-refractivity contribution in [2.45, 2.75) is 66.6 Å². The van der Waals surface area contributed by atoms with E-state index in [1.165, 1.54) is 0 Å². The first kappa shape index (κ1) is 15.9. The van der Waals surface area contributed by atoms with E-state index in [1.54, 1.807) is 11.3 Å². The van der Waals surface area contributed by atoms with Crippen molar-refractivity contribution in [1.29, 1.82) is 0 Å². The summed E-state index contributed by atoms with van der Waals surface area (Å²) >= 11 is 1.63. The third-order valence-corrected chi connectivity index (χ3v) is 5.02. The van der Waals surface area contributed by atoms with Gasteiger partial charge in [0.1, 0.15) is 11.1 Å². The molecule has 0 amide bonds. The molecule has 0 saturated heterocycles. The van der Waals surface area contributed by atoms with Crippen LogP contribution in [0.5, 0.6) is 0 Å². The van der Waals surface area contributed by atoms with Crippen LogP contribution in [0.3, 0.4) is 0 Å². The van der Waals surface area contributed by atoms with Gasteiger partial charge in [0, 0.05) is 6.61 Å². The minimum atomic E-state index is -0.373. The Morgan fingerprint density at radius 3 is 2.65 bits per heavy atom. The van der Waals surface area contributed by atoms with Gasteiger partial charge in [-0.25, -0.2) is 4.98 Å². The van der Waals surface area contributed by atoms with Crippen LogP contribution in [0.1, 0.15) is 75.7 Å². The molecule has 0 radical (unpaired) electrons. The number of nitrogens with zero attached hydrogens (tertiary/aromatic N) is 1. The normalized spacial score (nSPS) is 23.4. The molecular weight excluding hydrogens is 270 g/mol. The summed E-state index contributed by atoms with van der Waals surface area (Å²) in [7, 11) is 0. The summed E-state index contributed by atoms with van der Waals surface area (Å²) in [5.41, 5.74) is 1.21. The van der Waals surface area contributed by atoms with E-state index < -0.39 is 0 Å². The van der Waals surface area contributed by atoms with E-state index in [2.05, 4.69) is 34.6 Å². The highest BCUT2D eigenvalue weighted by Crippen LogP contribution is 2.46. The van der Waals surface area contributed by atoms with Gasteiger partial charge in [-0.15, -0.1) is 11.3 Å². The Labute approximate surface area is 126 Å². The van der Waals surface area contributed by atoms with Crippen LogP contribution in [0.4, 0.5) is 0 Å². The lowest BCUT2D eigenvalue weighted by molar-refractivity contribution is -0.0134. The fraction of sp³-hybridized carbons (Fsp3) is 0.812. The van der Waals surface area contributed by atoms with E-state index in [0.29, 0.717) is 6.61 Å². The van der Waals surface area contributed by atoms with E-state index in [0.717, 1.165) is 28.4 Å². The highest BCUT2D eigenvalue weighted by Gasteiger charge is 2.37. The number of ether oxygens (including phenoxy) is 1. The van der Waals surface area contributed by atoms with Gasteiger partial charge in [-0.3, -0.25) is 0 Å². The maximum absolute atomic E-state index is 10.4. The Kier molecular flexibility index (Phi) is 4.30. The third-order valence-electron chi connectivity index (χ3n) is 3.78. The van der Waals surface area contributed by atoms with Crippen molar-refractivity contribution in [3.8, 4) is 0 Å². The molecule has 3 nitrogen and oxygen atoms in total. The zero-order valence-corrected chi connectivity index (χ0v) is 14.3. The number of thiazole rings is 1. The fourth-order valence-electron chi connectivity index (χ4n) is 2.88. The quantitative estimate of drug-likeness (QED) is 0.906. The molecule has 1 aliphatic carbocycles. The van der Waals surface area contributed by atoms with Crippen LogP contribution < -0.4 is 0 Å². The minimum Gasteiger partial charge on any atom is -0.387 e. The van der Waals surface area contributed by atoms with Gasteiger partial charge in [-0.05, 0) is 30.6 Å². The fourth-order valence-corrected chi connectivity index (χ4v) is 4.25. The monoisotopic (exact) mass is 297 g/mol. The summed E-state index contributed by atoms with van der Waals surface area (Å²) in [4.78, 5) is 5.87. The van der Waals surface area contributed by atoms with Crippen molar-refractivity contribution in [2.24, 2.45) is 10.8 Å². The maximum Gasteiger partial charge on any atom is 0.123 e. The van der Waals surface area contributed by atoms with Crippen LogP contribution >= 0.6 is 11.3 Å². The summed E-state index contributed by atoms with van der Waals surface area (Å²) < 4.78 is 5.92. The largest absolute Gasteiger partial charge is 0.387 e. The van der Waals surface area contributed by atoms with Crippen LogP contribution in [0, 0.1) is 10.8 Å². The summed E-state index contributed by atoms with van der Waals surface area (Å²) in [5, 5.41) is 11.4. The number of aromatic nitrogens is 1. The van der Waals surface area contributed by atoms with E-state index >= 15 is 0 Å². The van der Waals surface area contributed by atoms with Gasteiger partial charge in [0.2, 0.25) is 0 Å². The zero-order valence-electron chi connectivity index (χ0n) is 13.5. The van der Waals surface area contributed by atoms with Crippen LogP contribution in [-0.4, -0.2) is 16.7 Å². The molecule has 0 saturated carbocycles. The molecule has 0 spiro atoms. The lowest BCUT2D eigenvalue weighted by Crippen LogP contribution is -2.25. The van der Waals surface area contributed by atoms with Crippen molar-refractivity contribution in [1.82, 2.24) is 4.98 Å².